The third-order valence-corrected chi connectivity index (χ3v) is 4.78. The van der Waals surface area contributed by atoms with Gasteiger partial charge in [0.1, 0.15) is 0 Å². The average Bonchev–Trinajstić information content (AvgIpc) is 3.07. The van der Waals surface area contributed by atoms with Crippen LogP contribution in [0.3, 0.4) is 0 Å². The fourth-order valence-electron chi connectivity index (χ4n) is 2.18. The molecule has 1 aromatic rings. The number of aromatic nitrogens is 1. The van der Waals surface area contributed by atoms with Gasteiger partial charge in [0.25, 0.3) is 0 Å². The van der Waals surface area contributed by atoms with Crippen LogP contribution >= 0.6 is 35.7 Å². The van der Waals surface area contributed by atoms with Gasteiger partial charge in [-0.05, 0) is 24.2 Å². The molecular formula is C15H22F3IN4OS. The largest absolute Gasteiger partial charge is 0.468 e. The van der Waals surface area contributed by atoms with Gasteiger partial charge in [-0.25, -0.2) is 4.98 Å². The van der Waals surface area contributed by atoms with E-state index in [1.54, 1.807) is 13.1 Å². The van der Waals surface area contributed by atoms with Gasteiger partial charge in [-0.15, -0.1) is 24.0 Å². The Kier molecular flexibility index (Phi) is 9.69. The minimum Gasteiger partial charge on any atom is -0.468 e. The lowest BCUT2D eigenvalue weighted by Crippen LogP contribution is -2.39. The maximum atomic E-state index is 12.1. The zero-order chi connectivity index (χ0) is 17.4. The molecule has 0 amide bonds. The van der Waals surface area contributed by atoms with E-state index >= 15 is 0 Å². The molecule has 5 nitrogen and oxygen atoms in total. The van der Waals surface area contributed by atoms with Gasteiger partial charge in [0.05, 0.1) is 0 Å². The van der Waals surface area contributed by atoms with E-state index in [0.29, 0.717) is 17.8 Å². The van der Waals surface area contributed by atoms with E-state index in [1.165, 1.54) is 30.9 Å². The molecule has 142 valence electrons. The number of thioether (sulfide) groups is 1. The van der Waals surface area contributed by atoms with Crippen LogP contribution in [-0.2, 0) is 6.54 Å². The van der Waals surface area contributed by atoms with Crippen LogP contribution in [0.4, 0.5) is 13.2 Å². The fourth-order valence-corrected chi connectivity index (χ4v) is 3.38. The van der Waals surface area contributed by atoms with Crippen LogP contribution in [0.2, 0.25) is 0 Å². The van der Waals surface area contributed by atoms with Crippen molar-refractivity contribution in [3.63, 3.8) is 0 Å². The highest BCUT2D eigenvalue weighted by atomic mass is 127. The second-order valence-electron chi connectivity index (χ2n) is 5.35. The van der Waals surface area contributed by atoms with Gasteiger partial charge in [-0.1, -0.05) is 6.07 Å². The van der Waals surface area contributed by atoms with Crippen LogP contribution in [0.25, 0.3) is 0 Å². The summed E-state index contributed by atoms with van der Waals surface area (Å²) in [5, 5.41) is 7.05. The molecule has 1 atom stereocenters. The van der Waals surface area contributed by atoms with Gasteiger partial charge in [0.15, 0.2) is 12.6 Å². The van der Waals surface area contributed by atoms with Gasteiger partial charge < -0.3 is 15.4 Å². The topological polar surface area (TPSA) is 58.5 Å². The van der Waals surface area contributed by atoms with Gasteiger partial charge in [0, 0.05) is 37.7 Å². The minimum atomic E-state index is -4.36. The predicted molar refractivity (Wildman–Crippen MR) is 105 cm³/mol. The van der Waals surface area contributed by atoms with E-state index in [9.17, 15) is 13.2 Å². The number of hydrogen-bond acceptors (Lipinski definition) is 4. The quantitative estimate of drug-likeness (QED) is 0.365. The number of hydrogen-bond donors (Lipinski definition) is 2. The predicted octanol–water partition coefficient (Wildman–Crippen LogP) is 3.20. The Morgan fingerprint density at radius 1 is 1.40 bits per heavy atom. The maximum Gasteiger partial charge on any atom is 0.422 e. The number of nitrogens with zero attached hydrogens (tertiary/aromatic N) is 2. The summed E-state index contributed by atoms with van der Waals surface area (Å²) in [4.78, 5) is 8.02. The maximum absolute atomic E-state index is 12.1. The van der Waals surface area contributed by atoms with Crippen LogP contribution in [0, 0.1) is 0 Å². The number of halogens is 4. The van der Waals surface area contributed by atoms with Crippen molar-refractivity contribution in [3.8, 4) is 5.88 Å². The third kappa shape index (κ3) is 8.84. The lowest BCUT2D eigenvalue weighted by molar-refractivity contribution is -0.154. The number of nitrogens with one attached hydrogen (secondary N) is 2. The molecule has 0 spiro atoms. The van der Waals surface area contributed by atoms with E-state index < -0.39 is 12.8 Å². The zero-order valence-corrected chi connectivity index (χ0v) is 17.0. The van der Waals surface area contributed by atoms with E-state index in [0.717, 1.165) is 12.1 Å². The normalized spacial score (nSPS) is 17.8. The highest BCUT2D eigenvalue weighted by Crippen LogP contribution is 2.25. The highest BCUT2D eigenvalue weighted by Gasteiger charge is 2.28. The van der Waals surface area contributed by atoms with Gasteiger partial charge in [-0.3, -0.25) is 4.99 Å². The Bertz CT molecular complexity index is 537. The first-order valence-corrected chi connectivity index (χ1v) is 8.72. The molecule has 1 aromatic heterocycles. The molecule has 10 heteroatoms. The molecule has 2 rings (SSSR count). The molecule has 1 fully saturated rings. The Hall–Kier alpha value is -0.910. The smallest absolute Gasteiger partial charge is 0.422 e. The van der Waals surface area contributed by atoms with Crippen LogP contribution < -0.4 is 15.4 Å². The summed E-state index contributed by atoms with van der Waals surface area (Å²) in [7, 11) is 1.70. The Morgan fingerprint density at radius 3 is 2.76 bits per heavy atom. The SMILES string of the molecule is CN=C(NCc1ccc(OCC(F)(F)F)nc1)NCC1CCCS1.I. The molecule has 0 bridgehead atoms. The van der Waals surface area contributed by atoms with Gasteiger partial charge in [-0.2, -0.15) is 24.9 Å². The molecule has 1 aliphatic rings. The summed E-state index contributed by atoms with van der Waals surface area (Å²) >= 11 is 1.97. The Balaban J connectivity index is 0.00000312. The van der Waals surface area contributed by atoms with Gasteiger partial charge >= 0.3 is 6.18 Å². The highest BCUT2D eigenvalue weighted by molar-refractivity contribution is 14.0. The number of alkyl halides is 3. The van der Waals surface area contributed by atoms with E-state index in [2.05, 4.69) is 25.3 Å². The van der Waals surface area contributed by atoms with Crippen LogP contribution in [0.1, 0.15) is 18.4 Å². The zero-order valence-electron chi connectivity index (χ0n) is 13.8. The van der Waals surface area contributed by atoms with Crippen molar-refractivity contribution in [2.75, 3.05) is 26.0 Å². The second kappa shape index (κ2) is 10.9. The van der Waals surface area contributed by atoms with Crippen LogP contribution in [0.15, 0.2) is 23.3 Å². The summed E-state index contributed by atoms with van der Waals surface area (Å²) in [6.45, 7) is 0.00415. The monoisotopic (exact) mass is 490 g/mol. The number of aliphatic imine (C=N–C) groups is 1. The first-order chi connectivity index (χ1) is 11.5. The third-order valence-electron chi connectivity index (χ3n) is 3.39. The van der Waals surface area contributed by atoms with E-state index in [4.69, 9.17) is 0 Å². The molecular weight excluding hydrogens is 468 g/mol. The van der Waals surface area contributed by atoms with Crippen LogP contribution in [-0.4, -0.2) is 48.3 Å². The lowest BCUT2D eigenvalue weighted by atomic mass is 10.2. The molecule has 0 aromatic carbocycles. The standard InChI is InChI=1S/C15H21F3N4OS.HI/c1-19-14(22-9-12-3-2-6-24-12)21-8-11-4-5-13(20-7-11)23-10-15(16,17)18;/h4-5,7,12H,2-3,6,8-10H2,1H3,(H2,19,21,22);1H. The summed E-state index contributed by atoms with van der Waals surface area (Å²) in [5.41, 5.74) is 0.826. The first-order valence-electron chi connectivity index (χ1n) is 7.67. The first kappa shape index (κ1) is 22.1. The van der Waals surface area contributed by atoms with Crippen LogP contribution in [0.5, 0.6) is 5.88 Å². The number of pyridine rings is 1. The number of guanidine groups is 1. The van der Waals surface area contributed by atoms with Crippen molar-refractivity contribution >= 4 is 41.7 Å². The molecule has 1 saturated heterocycles. The van der Waals surface area contributed by atoms with Crippen molar-refractivity contribution in [1.29, 1.82) is 0 Å². The van der Waals surface area contributed by atoms with E-state index in [-0.39, 0.29) is 29.9 Å². The van der Waals surface area contributed by atoms with Gasteiger partial charge in [0.2, 0.25) is 5.88 Å². The Morgan fingerprint density at radius 2 is 2.20 bits per heavy atom. The average molecular weight is 490 g/mol. The molecule has 2 heterocycles. The van der Waals surface area contributed by atoms with Crippen molar-refractivity contribution in [2.24, 2.45) is 4.99 Å². The van der Waals surface area contributed by atoms with Crippen molar-refractivity contribution in [2.45, 2.75) is 30.8 Å². The van der Waals surface area contributed by atoms with Crippen molar-refractivity contribution < 1.29 is 17.9 Å². The van der Waals surface area contributed by atoms with Crippen molar-refractivity contribution in [3.05, 3.63) is 23.9 Å². The molecule has 1 unspecified atom stereocenters. The lowest BCUT2D eigenvalue weighted by Gasteiger charge is -2.15. The summed E-state index contributed by atoms with van der Waals surface area (Å²) in [6, 6.07) is 3.10. The Labute approximate surface area is 166 Å². The van der Waals surface area contributed by atoms with E-state index in [1.807, 2.05) is 11.8 Å². The molecule has 1 aliphatic heterocycles. The fraction of sp³-hybridized carbons (Fsp3) is 0.600. The number of ether oxygens (including phenoxy) is 1. The molecule has 25 heavy (non-hydrogen) atoms. The van der Waals surface area contributed by atoms with Crippen molar-refractivity contribution in [1.82, 2.24) is 15.6 Å². The molecule has 0 aliphatic carbocycles. The second-order valence-corrected chi connectivity index (χ2v) is 6.76. The minimum absolute atomic E-state index is 0. The molecule has 0 saturated carbocycles. The summed E-state index contributed by atoms with van der Waals surface area (Å²) < 4.78 is 40.8. The summed E-state index contributed by atoms with van der Waals surface area (Å²) in [5.74, 6) is 1.86. The molecule has 0 radical (unpaired) electrons. The molecule has 2 N–H and O–H groups in total. The summed E-state index contributed by atoms with van der Waals surface area (Å²) in [6.07, 6.45) is -0.397. The number of rotatable bonds is 6.